The Kier molecular flexibility index (Phi) is 5.57. The Morgan fingerprint density at radius 3 is 2.70 bits per heavy atom. The number of carbonyl (C=O) groups excluding carboxylic acids is 2. The first-order chi connectivity index (χ1) is 11.0. The van der Waals surface area contributed by atoms with Gasteiger partial charge in [-0.15, -0.1) is 0 Å². The predicted molar refractivity (Wildman–Crippen MR) is 88.4 cm³/mol. The molecular weight excluding hydrogens is 294 g/mol. The second-order valence-corrected chi connectivity index (χ2v) is 5.52. The van der Waals surface area contributed by atoms with Gasteiger partial charge in [-0.25, -0.2) is 4.79 Å². The fraction of sp³-hybridized carbons (Fsp3) is 0.333. The number of hydrogen-bond donors (Lipinski definition) is 2. The number of rotatable bonds is 6. The third-order valence-electron chi connectivity index (χ3n) is 3.58. The highest BCUT2D eigenvalue weighted by Gasteiger charge is 2.17. The Morgan fingerprint density at radius 2 is 1.96 bits per heavy atom. The summed E-state index contributed by atoms with van der Waals surface area (Å²) in [5, 5.41) is 14.4. The van der Waals surface area contributed by atoms with Crippen LogP contribution in [-0.4, -0.2) is 29.6 Å². The summed E-state index contributed by atoms with van der Waals surface area (Å²) >= 11 is 0. The number of benzene rings is 2. The van der Waals surface area contributed by atoms with Crippen LogP contribution in [0, 0.1) is 0 Å². The summed E-state index contributed by atoms with van der Waals surface area (Å²) in [6.45, 7) is 3.57. The predicted octanol–water partition coefficient (Wildman–Crippen LogP) is 3.01. The van der Waals surface area contributed by atoms with Gasteiger partial charge in [-0.2, -0.15) is 0 Å². The van der Waals surface area contributed by atoms with Crippen LogP contribution in [0.15, 0.2) is 36.4 Å². The van der Waals surface area contributed by atoms with Crippen LogP contribution in [0.1, 0.15) is 37.0 Å². The van der Waals surface area contributed by atoms with Gasteiger partial charge in [-0.1, -0.05) is 43.7 Å². The van der Waals surface area contributed by atoms with Gasteiger partial charge in [0.1, 0.15) is 11.3 Å². The number of amides is 1. The van der Waals surface area contributed by atoms with Crippen molar-refractivity contribution in [3.05, 3.63) is 42.0 Å². The minimum absolute atomic E-state index is 0.0419. The molecule has 1 unspecified atom stereocenters. The highest BCUT2D eigenvalue weighted by atomic mass is 16.5. The summed E-state index contributed by atoms with van der Waals surface area (Å²) in [6, 6.07) is 10.5. The molecule has 0 saturated heterocycles. The normalized spacial score (nSPS) is 11.9. The molecule has 0 aliphatic carbocycles. The number of ether oxygens (including phenoxy) is 1. The standard InChI is InChI=1S/C18H21NO4/c1-3-6-12(2)19-16(20)11-23-18(22)15-10-9-13-7-4-5-8-14(13)17(15)21/h4-5,7-10,12,21H,3,6,11H2,1-2H3,(H,19,20). The van der Waals surface area contributed by atoms with Crippen LogP contribution in [0.4, 0.5) is 0 Å². The summed E-state index contributed by atoms with van der Waals surface area (Å²) < 4.78 is 4.99. The lowest BCUT2D eigenvalue weighted by Gasteiger charge is -2.13. The number of phenols is 1. The molecule has 0 aromatic heterocycles. The van der Waals surface area contributed by atoms with E-state index in [0.29, 0.717) is 5.39 Å². The SMILES string of the molecule is CCCC(C)NC(=O)COC(=O)c1ccc2ccccc2c1O. The summed E-state index contributed by atoms with van der Waals surface area (Å²) in [7, 11) is 0. The van der Waals surface area contributed by atoms with Gasteiger partial charge in [0.25, 0.3) is 5.91 Å². The van der Waals surface area contributed by atoms with E-state index in [0.717, 1.165) is 18.2 Å². The molecule has 5 heteroatoms. The molecule has 23 heavy (non-hydrogen) atoms. The smallest absolute Gasteiger partial charge is 0.342 e. The van der Waals surface area contributed by atoms with Crippen LogP contribution in [0.3, 0.4) is 0 Å². The largest absolute Gasteiger partial charge is 0.506 e. The van der Waals surface area contributed by atoms with E-state index in [9.17, 15) is 14.7 Å². The fourth-order valence-corrected chi connectivity index (χ4v) is 2.45. The van der Waals surface area contributed by atoms with E-state index < -0.39 is 5.97 Å². The molecule has 5 nitrogen and oxygen atoms in total. The Morgan fingerprint density at radius 1 is 1.22 bits per heavy atom. The van der Waals surface area contributed by atoms with Crippen molar-refractivity contribution in [1.82, 2.24) is 5.32 Å². The summed E-state index contributed by atoms with van der Waals surface area (Å²) in [5.74, 6) is -1.20. The van der Waals surface area contributed by atoms with Gasteiger partial charge in [-0.3, -0.25) is 4.79 Å². The maximum atomic E-state index is 12.1. The minimum atomic E-state index is -0.716. The lowest BCUT2D eigenvalue weighted by molar-refractivity contribution is -0.124. The Labute approximate surface area is 135 Å². The minimum Gasteiger partial charge on any atom is -0.506 e. The van der Waals surface area contributed by atoms with Gasteiger partial charge < -0.3 is 15.2 Å². The topological polar surface area (TPSA) is 75.6 Å². The number of esters is 1. The lowest BCUT2D eigenvalue weighted by Crippen LogP contribution is -2.35. The van der Waals surface area contributed by atoms with Crippen LogP contribution >= 0.6 is 0 Å². The first kappa shape index (κ1) is 16.8. The number of phenolic OH excluding ortho intramolecular Hbond substituents is 1. The molecule has 122 valence electrons. The van der Waals surface area contributed by atoms with E-state index in [1.807, 2.05) is 26.0 Å². The molecular formula is C18H21NO4. The third kappa shape index (κ3) is 4.22. The molecule has 1 atom stereocenters. The van der Waals surface area contributed by atoms with Crippen LogP contribution < -0.4 is 5.32 Å². The maximum Gasteiger partial charge on any atom is 0.342 e. The highest BCUT2D eigenvalue weighted by Crippen LogP contribution is 2.28. The monoisotopic (exact) mass is 315 g/mol. The molecule has 0 fully saturated rings. The first-order valence-electron chi connectivity index (χ1n) is 7.70. The Balaban J connectivity index is 2.01. The van der Waals surface area contributed by atoms with Crippen molar-refractivity contribution in [2.45, 2.75) is 32.7 Å². The molecule has 1 amide bonds. The number of aromatic hydroxyl groups is 1. The van der Waals surface area contributed by atoms with Gasteiger partial charge in [-0.05, 0) is 24.8 Å². The van der Waals surface area contributed by atoms with Crippen LogP contribution in [0.5, 0.6) is 5.75 Å². The van der Waals surface area contributed by atoms with Gasteiger partial charge in [0.15, 0.2) is 6.61 Å². The van der Waals surface area contributed by atoms with E-state index in [2.05, 4.69) is 5.32 Å². The Hall–Kier alpha value is -2.56. The van der Waals surface area contributed by atoms with Crippen molar-refractivity contribution < 1.29 is 19.4 Å². The van der Waals surface area contributed by atoms with Gasteiger partial charge in [0.2, 0.25) is 0 Å². The summed E-state index contributed by atoms with van der Waals surface area (Å²) in [6.07, 6.45) is 1.83. The van der Waals surface area contributed by atoms with E-state index in [-0.39, 0.29) is 29.9 Å². The van der Waals surface area contributed by atoms with Crippen LogP contribution in [0.25, 0.3) is 10.8 Å². The molecule has 2 aromatic rings. The molecule has 2 rings (SSSR count). The summed E-state index contributed by atoms with van der Waals surface area (Å²) in [4.78, 5) is 23.8. The zero-order valence-corrected chi connectivity index (χ0v) is 13.3. The van der Waals surface area contributed by atoms with Crippen LogP contribution in [0.2, 0.25) is 0 Å². The molecule has 2 N–H and O–H groups in total. The van der Waals surface area contributed by atoms with Gasteiger partial charge in [0.05, 0.1) is 0 Å². The number of nitrogens with one attached hydrogen (secondary N) is 1. The van der Waals surface area contributed by atoms with Crippen molar-refractivity contribution in [3.63, 3.8) is 0 Å². The van der Waals surface area contributed by atoms with E-state index in [1.54, 1.807) is 18.2 Å². The zero-order valence-electron chi connectivity index (χ0n) is 13.3. The first-order valence-corrected chi connectivity index (χ1v) is 7.70. The molecule has 2 aromatic carbocycles. The van der Waals surface area contributed by atoms with Gasteiger partial charge >= 0.3 is 5.97 Å². The van der Waals surface area contributed by atoms with E-state index >= 15 is 0 Å². The second-order valence-electron chi connectivity index (χ2n) is 5.52. The van der Waals surface area contributed by atoms with Gasteiger partial charge in [0, 0.05) is 11.4 Å². The molecule has 0 saturated carbocycles. The van der Waals surface area contributed by atoms with Crippen molar-refractivity contribution in [1.29, 1.82) is 0 Å². The number of hydrogen-bond acceptors (Lipinski definition) is 4. The van der Waals surface area contributed by atoms with Crippen molar-refractivity contribution in [2.24, 2.45) is 0 Å². The molecule has 0 aliphatic rings. The molecule has 0 spiro atoms. The number of fused-ring (bicyclic) bond motifs is 1. The maximum absolute atomic E-state index is 12.1. The van der Waals surface area contributed by atoms with Crippen molar-refractivity contribution in [2.75, 3.05) is 6.61 Å². The van der Waals surface area contributed by atoms with E-state index in [4.69, 9.17) is 4.74 Å². The molecule has 0 aliphatic heterocycles. The lowest BCUT2D eigenvalue weighted by atomic mass is 10.1. The van der Waals surface area contributed by atoms with Crippen molar-refractivity contribution >= 4 is 22.6 Å². The van der Waals surface area contributed by atoms with Crippen LogP contribution in [-0.2, 0) is 9.53 Å². The van der Waals surface area contributed by atoms with E-state index in [1.165, 1.54) is 6.07 Å². The summed E-state index contributed by atoms with van der Waals surface area (Å²) in [5.41, 5.74) is 0.0538. The quantitative estimate of drug-likeness (QED) is 0.804. The second kappa shape index (κ2) is 7.63. The molecule has 0 bridgehead atoms. The number of carbonyl (C=O) groups is 2. The highest BCUT2D eigenvalue weighted by molar-refractivity contribution is 6.01. The average Bonchev–Trinajstić information content (AvgIpc) is 2.53. The molecule has 0 heterocycles. The van der Waals surface area contributed by atoms with Crippen molar-refractivity contribution in [3.8, 4) is 5.75 Å². The Bertz CT molecular complexity index is 711. The zero-order chi connectivity index (χ0) is 16.8. The fourth-order valence-electron chi connectivity index (χ4n) is 2.45. The molecule has 0 radical (unpaired) electrons. The average molecular weight is 315 g/mol. The third-order valence-corrected chi connectivity index (χ3v) is 3.58.